The van der Waals surface area contributed by atoms with Crippen LogP contribution in [0.5, 0.6) is 0 Å². The zero-order chi connectivity index (χ0) is 14.5. The third-order valence-electron chi connectivity index (χ3n) is 4.24. The van der Waals surface area contributed by atoms with Crippen molar-refractivity contribution in [2.45, 2.75) is 37.5 Å². The molecule has 1 unspecified atom stereocenters. The minimum absolute atomic E-state index is 0.126. The van der Waals surface area contributed by atoms with Gasteiger partial charge in [-0.15, -0.1) is 0 Å². The van der Waals surface area contributed by atoms with Gasteiger partial charge in [0.25, 0.3) is 0 Å². The van der Waals surface area contributed by atoms with E-state index in [-0.39, 0.29) is 27.8 Å². The number of benzene rings is 1. The van der Waals surface area contributed by atoms with Crippen LogP contribution in [-0.2, 0) is 27.5 Å². The highest BCUT2D eigenvalue weighted by molar-refractivity contribution is 7.91. The van der Waals surface area contributed by atoms with Crippen molar-refractivity contribution in [3.05, 3.63) is 28.8 Å². The second-order valence-corrected chi connectivity index (χ2v) is 7.64. The summed E-state index contributed by atoms with van der Waals surface area (Å²) in [6, 6.07) is 3.37. The summed E-state index contributed by atoms with van der Waals surface area (Å²) < 4.78 is 24.6. The van der Waals surface area contributed by atoms with E-state index in [1.807, 2.05) is 0 Å². The van der Waals surface area contributed by atoms with Crippen molar-refractivity contribution < 1.29 is 18.0 Å². The molecule has 1 aliphatic carbocycles. The summed E-state index contributed by atoms with van der Waals surface area (Å²) in [4.78, 5) is 24.0. The van der Waals surface area contributed by atoms with Crippen LogP contribution in [-0.4, -0.2) is 25.7 Å². The molecule has 20 heavy (non-hydrogen) atoms. The fourth-order valence-electron chi connectivity index (χ4n) is 3.09. The Balaban J connectivity index is 2.22. The van der Waals surface area contributed by atoms with Crippen LogP contribution in [0, 0.1) is 5.92 Å². The zero-order valence-electron chi connectivity index (χ0n) is 11.3. The highest BCUT2D eigenvalue weighted by atomic mass is 32.2. The van der Waals surface area contributed by atoms with Crippen molar-refractivity contribution >= 4 is 21.4 Å². The lowest BCUT2D eigenvalue weighted by atomic mass is 9.87. The van der Waals surface area contributed by atoms with E-state index in [1.165, 1.54) is 6.92 Å². The number of hydrogen-bond donors (Lipinski definition) is 0. The van der Waals surface area contributed by atoms with E-state index in [0.29, 0.717) is 0 Å². The van der Waals surface area contributed by atoms with Gasteiger partial charge in [0, 0.05) is 5.56 Å². The molecule has 1 aliphatic heterocycles. The first kappa shape index (κ1) is 13.5. The largest absolute Gasteiger partial charge is 0.299 e. The summed E-state index contributed by atoms with van der Waals surface area (Å²) in [6.45, 7) is 1.28. The van der Waals surface area contributed by atoms with Gasteiger partial charge in [-0.05, 0) is 55.9 Å². The molecule has 1 aromatic carbocycles. The minimum atomic E-state index is -3.54. The lowest BCUT2D eigenvalue weighted by molar-refractivity contribution is -0.118. The first-order valence-corrected chi connectivity index (χ1v) is 8.48. The van der Waals surface area contributed by atoms with E-state index in [0.717, 1.165) is 36.8 Å². The normalized spacial score (nSPS) is 23.9. The number of ketones is 2. The lowest BCUT2D eigenvalue weighted by Crippen LogP contribution is -2.36. The van der Waals surface area contributed by atoms with E-state index in [4.69, 9.17) is 0 Å². The Morgan fingerprint density at radius 1 is 1.15 bits per heavy atom. The summed E-state index contributed by atoms with van der Waals surface area (Å²) in [5.74, 6) is -2.13. The second kappa shape index (κ2) is 4.52. The van der Waals surface area contributed by atoms with Crippen LogP contribution in [0.15, 0.2) is 17.0 Å². The summed E-state index contributed by atoms with van der Waals surface area (Å²) in [5, 5.41) is 0. The average Bonchev–Trinajstić information content (AvgIpc) is 2.41. The first-order valence-electron chi connectivity index (χ1n) is 6.83. The number of carbonyl (C=O) groups is 2. The number of fused-ring (bicyclic) bond motifs is 2. The average molecular weight is 292 g/mol. The maximum absolute atomic E-state index is 12.3. The Bertz CT molecular complexity index is 716. The fourth-order valence-corrected chi connectivity index (χ4v) is 4.91. The first-order chi connectivity index (χ1) is 9.40. The molecule has 0 radical (unpaired) electrons. The van der Waals surface area contributed by atoms with Crippen molar-refractivity contribution in [3.63, 3.8) is 0 Å². The van der Waals surface area contributed by atoms with E-state index >= 15 is 0 Å². The van der Waals surface area contributed by atoms with Crippen molar-refractivity contribution in [1.82, 2.24) is 0 Å². The van der Waals surface area contributed by atoms with E-state index in [9.17, 15) is 18.0 Å². The summed E-state index contributed by atoms with van der Waals surface area (Å²) in [7, 11) is -3.54. The lowest BCUT2D eigenvalue weighted by Gasteiger charge is -2.25. The number of rotatable bonds is 1. The molecule has 0 N–H and O–H groups in total. The van der Waals surface area contributed by atoms with Crippen molar-refractivity contribution in [1.29, 1.82) is 0 Å². The number of carbonyl (C=O) groups excluding carboxylic acids is 2. The molecule has 0 amide bonds. The van der Waals surface area contributed by atoms with Crippen molar-refractivity contribution in [2.24, 2.45) is 5.92 Å². The zero-order valence-corrected chi connectivity index (χ0v) is 12.1. The Morgan fingerprint density at radius 2 is 1.75 bits per heavy atom. The molecule has 1 atom stereocenters. The molecule has 1 aromatic rings. The van der Waals surface area contributed by atoms with Gasteiger partial charge in [-0.3, -0.25) is 9.59 Å². The molecule has 106 valence electrons. The molecule has 0 saturated heterocycles. The highest BCUT2D eigenvalue weighted by Crippen LogP contribution is 2.33. The minimum Gasteiger partial charge on any atom is -0.299 e. The molecule has 1 heterocycles. The van der Waals surface area contributed by atoms with Gasteiger partial charge in [0.15, 0.2) is 15.6 Å². The van der Waals surface area contributed by atoms with Crippen LogP contribution in [0.2, 0.25) is 0 Å². The number of sulfone groups is 1. The van der Waals surface area contributed by atoms with E-state index in [1.54, 1.807) is 12.1 Å². The van der Waals surface area contributed by atoms with Gasteiger partial charge in [0.05, 0.1) is 16.6 Å². The molecule has 3 rings (SSSR count). The third-order valence-corrected chi connectivity index (χ3v) is 6.02. The van der Waals surface area contributed by atoms with Crippen molar-refractivity contribution in [2.75, 3.05) is 5.75 Å². The van der Waals surface area contributed by atoms with Crippen LogP contribution in [0.3, 0.4) is 0 Å². The fraction of sp³-hybridized carbons (Fsp3) is 0.467. The predicted molar refractivity (Wildman–Crippen MR) is 73.6 cm³/mol. The molecular weight excluding hydrogens is 276 g/mol. The molecule has 2 aliphatic rings. The quantitative estimate of drug-likeness (QED) is 0.739. The summed E-state index contributed by atoms with van der Waals surface area (Å²) in [5.41, 5.74) is 2.31. The van der Waals surface area contributed by atoms with Gasteiger partial charge in [0.1, 0.15) is 5.78 Å². The second-order valence-electron chi connectivity index (χ2n) is 5.63. The maximum Gasteiger partial charge on any atom is 0.180 e. The van der Waals surface area contributed by atoms with Crippen LogP contribution in [0.4, 0.5) is 0 Å². The van der Waals surface area contributed by atoms with Crippen LogP contribution < -0.4 is 0 Å². The molecule has 0 fully saturated rings. The van der Waals surface area contributed by atoms with Crippen LogP contribution in [0.1, 0.15) is 41.3 Å². The van der Waals surface area contributed by atoms with Gasteiger partial charge in [-0.1, -0.05) is 0 Å². The molecule has 4 nitrogen and oxygen atoms in total. The Hall–Kier alpha value is -1.49. The molecule has 0 saturated carbocycles. The molecule has 5 heteroatoms. The van der Waals surface area contributed by atoms with Gasteiger partial charge >= 0.3 is 0 Å². The van der Waals surface area contributed by atoms with Gasteiger partial charge in [0.2, 0.25) is 0 Å². The van der Waals surface area contributed by atoms with Crippen LogP contribution >= 0.6 is 0 Å². The number of hydrogen-bond acceptors (Lipinski definition) is 4. The topological polar surface area (TPSA) is 68.3 Å². The van der Waals surface area contributed by atoms with E-state index in [2.05, 4.69) is 0 Å². The predicted octanol–water partition coefficient (Wildman–Crippen LogP) is 1.74. The number of aryl methyl sites for hydroxylation is 2. The Kier molecular flexibility index (Phi) is 3.05. The molecular formula is C15H16O4S. The van der Waals surface area contributed by atoms with Gasteiger partial charge < -0.3 is 0 Å². The standard InChI is InChI=1S/C15H16O4S/c1-9(16)13-8-20(18,19)14-7-11-5-3-2-4-10(11)6-12(14)15(13)17/h6-7,13H,2-5,8H2,1H3. The molecule has 0 bridgehead atoms. The Labute approximate surface area is 118 Å². The van der Waals surface area contributed by atoms with Gasteiger partial charge in [-0.2, -0.15) is 0 Å². The molecule has 0 aromatic heterocycles. The third kappa shape index (κ3) is 2.00. The Morgan fingerprint density at radius 3 is 2.35 bits per heavy atom. The smallest absolute Gasteiger partial charge is 0.180 e. The summed E-state index contributed by atoms with van der Waals surface area (Å²) >= 11 is 0. The SMILES string of the molecule is CC(=O)C1CS(=O)(=O)c2cc3c(cc2C1=O)CCCC3. The van der Waals surface area contributed by atoms with Crippen molar-refractivity contribution in [3.8, 4) is 0 Å². The highest BCUT2D eigenvalue weighted by Gasteiger charge is 2.39. The molecule has 0 spiro atoms. The van der Waals surface area contributed by atoms with Gasteiger partial charge in [-0.25, -0.2) is 8.42 Å². The monoisotopic (exact) mass is 292 g/mol. The maximum atomic E-state index is 12.3. The summed E-state index contributed by atoms with van der Waals surface area (Å²) in [6.07, 6.45) is 3.85. The number of Topliss-reactive ketones (excluding diaryl/α,β-unsaturated/α-hetero) is 2. The van der Waals surface area contributed by atoms with Crippen LogP contribution in [0.25, 0.3) is 0 Å². The van der Waals surface area contributed by atoms with E-state index < -0.39 is 15.8 Å².